The smallest absolute Gasteiger partial charge is 0.235 e. The molecule has 5 aromatic heterocycles. The van der Waals surface area contributed by atoms with Gasteiger partial charge < -0.3 is 9.13 Å². The first kappa shape index (κ1) is 60.0. The molecule has 103 heavy (non-hydrogen) atoms. The minimum atomic E-state index is -0.00166. The summed E-state index contributed by atoms with van der Waals surface area (Å²) in [6.45, 7) is 4.71. The Morgan fingerprint density at radius 3 is 1.26 bits per heavy atom. The van der Waals surface area contributed by atoms with E-state index in [1.807, 2.05) is 23.6 Å². The molecule has 0 saturated carbocycles. The Labute approximate surface area is 600 Å². The molecule has 0 aliphatic heterocycles. The predicted molar refractivity (Wildman–Crippen MR) is 435 cm³/mol. The highest BCUT2D eigenvalue weighted by atomic mass is 32.1. The Morgan fingerprint density at radius 2 is 0.641 bits per heavy atom. The lowest BCUT2D eigenvalue weighted by Crippen LogP contribution is -2.14. The molecule has 15 aromatic carbocycles. The fourth-order valence-corrected chi connectivity index (χ4v) is 17.4. The first-order chi connectivity index (χ1) is 50.8. The average Bonchev–Trinajstić information content (AvgIpc) is 1.60. The van der Waals surface area contributed by atoms with Crippen LogP contribution in [-0.2, 0) is 5.41 Å². The van der Waals surface area contributed by atoms with Gasteiger partial charge in [0, 0.05) is 81.0 Å². The van der Waals surface area contributed by atoms with Crippen molar-refractivity contribution in [1.82, 2.24) is 23.7 Å². The van der Waals surface area contributed by atoms with E-state index in [9.17, 15) is 0 Å². The molecule has 0 radical (unpaired) electrons. The van der Waals surface area contributed by atoms with Gasteiger partial charge in [0.05, 0.1) is 38.8 Å². The Bertz CT molecular complexity index is 6690. The SMILES string of the molecule is CC1(C)c2ccccc2-c2ccc(-c3ccc4sc5ccc(-n6c7ccccc7c7ccccc76)cc5c4c3)cc21.c1ccc(-c2ccc(-c3cccc(-c4ccnc(-n5c6ccccc6c6cc(-c7ccc8c(c7)c7ccccc7n8-c7ccc(-c8ccccc8)cc7)ccc65)n4)c3)cc2)cc1. The zero-order chi connectivity index (χ0) is 68.3. The van der Waals surface area contributed by atoms with Crippen LogP contribution in [0, 0.1) is 0 Å². The first-order valence-electron chi connectivity index (χ1n) is 35.3. The minimum Gasteiger partial charge on any atom is -0.309 e. The maximum atomic E-state index is 5.21. The number of fused-ring (bicyclic) bond motifs is 15. The highest BCUT2D eigenvalue weighted by Gasteiger charge is 2.35. The molecule has 0 unspecified atom stereocenters. The van der Waals surface area contributed by atoms with E-state index in [2.05, 4.69) is 373 Å². The van der Waals surface area contributed by atoms with Crippen LogP contribution in [0.2, 0.25) is 0 Å². The van der Waals surface area contributed by atoms with Crippen molar-refractivity contribution in [3.05, 3.63) is 369 Å². The summed E-state index contributed by atoms with van der Waals surface area (Å²) in [5, 5.41) is 10.0. The van der Waals surface area contributed by atoms with Crippen LogP contribution in [0.15, 0.2) is 358 Å². The predicted octanol–water partition coefficient (Wildman–Crippen LogP) is 26.1. The largest absolute Gasteiger partial charge is 0.309 e. The third-order valence-corrected chi connectivity index (χ3v) is 22.6. The van der Waals surface area contributed by atoms with Crippen molar-refractivity contribution < 1.29 is 0 Å². The molecule has 5 nitrogen and oxygen atoms in total. The monoisotopic (exact) mass is 1330 g/mol. The standard InChI is InChI=1S/C58H38N4.C39H27NS/c1-3-12-39(13-4-1)41-22-24-43(25-23-41)44-16-11-17-47(36-44)53-34-35-59-58(60-53)62-55-21-10-8-19-50(55)52-38-46(29-33-57(52)62)45-28-32-56-51(37-45)49-18-7-9-20-54(49)61(56)48-30-26-42(27-31-48)40-14-5-2-6-15-40;1-39(2)33-12-6-3-9-27(33)28-18-15-25(22-34(28)39)24-16-19-37-31(21-24)32-23-26(17-20-38(32)41-37)40-35-13-7-4-10-29(35)30-11-5-8-14-36(30)40/h1-38H;3-23H,1-2H3. The summed E-state index contributed by atoms with van der Waals surface area (Å²) in [6, 6.07) is 128. The van der Waals surface area contributed by atoms with Crippen molar-refractivity contribution in [2.45, 2.75) is 19.3 Å². The minimum absolute atomic E-state index is 0.00166. The number of hydrogen-bond acceptors (Lipinski definition) is 3. The van der Waals surface area contributed by atoms with E-state index in [1.165, 1.54) is 131 Å². The van der Waals surface area contributed by atoms with E-state index >= 15 is 0 Å². The number of para-hydroxylation sites is 4. The molecule has 20 aromatic rings. The van der Waals surface area contributed by atoms with Crippen molar-refractivity contribution in [3.8, 4) is 95.3 Å². The lowest BCUT2D eigenvalue weighted by Gasteiger charge is -2.22. The zero-order valence-corrected chi connectivity index (χ0v) is 57.5. The molecule has 0 fully saturated rings. The first-order valence-corrected chi connectivity index (χ1v) is 36.2. The van der Waals surface area contributed by atoms with Crippen LogP contribution in [0.4, 0.5) is 0 Å². The van der Waals surface area contributed by atoms with Gasteiger partial charge in [0.25, 0.3) is 0 Å². The molecule has 5 heterocycles. The van der Waals surface area contributed by atoms with Crippen LogP contribution in [-0.4, -0.2) is 23.7 Å². The third-order valence-electron chi connectivity index (χ3n) is 21.4. The van der Waals surface area contributed by atoms with Crippen LogP contribution in [0.5, 0.6) is 0 Å². The van der Waals surface area contributed by atoms with Crippen LogP contribution in [0.25, 0.3) is 181 Å². The summed E-state index contributed by atoms with van der Waals surface area (Å²) in [7, 11) is 0. The van der Waals surface area contributed by atoms with Crippen molar-refractivity contribution in [1.29, 1.82) is 0 Å². The Balaban J connectivity index is 0.000000149. The maximum Gasteiger partial charge on any atom is 0.235 e. The summed E-state index contributed by atoms with van der Waals surface area (Å²) in [4.78, 5) is 10.1. The molecule has 0 amide bonds. The van der Waals surface area contributed by atoms with E-state index in [1.54, 1.807) is 0 Å². The highest BCUT2D eigenvalue weighted by Crippen LogP contribution is 2.50. The molecule has 0 spiro atoms. The molecule has 0 bridgehead atoms. The fourth-order valence-electron chi connectivity index (χ4n) is 16.4. The van der Waals surface area contributed by atoms with Gasteiger partial charge >= 0.3 is 0 Å². The van der Waals surface area contributed by atoms with Gasteiger partial charge in [0.2, 0.25) is 5.95 Å². The number of benzene rings is 15. The molecular formula is C97H65N5S. The van der Waals surface area contributed by atoms with Crippen molar-refractivity contribution in [2.24, 2.45) is 0 Å². The Hall–Kier alpha value is -13.0. The molecule has 484 valence electrons. The molecule has 0 atom stereocenters. The van der Waals surface area contributed by atoms with Gasteiger partial charge in [0.15, 0.2) is 0 Å². The molecule has 6 heteroatoms. The van der Waals surface area contributed by atoms with E-state index in [4.69, 9.17) is 9.97 Å². The molecular weight excluding hydrogens is 1270 g/mol. The Kier molecular flexibility index (Phi) is 14.1. The zero-order valence-electron chi connectivity index (χ0n) is 56.7. The second kappa shape index (κ2) is 24.1. The van der Waals surface area contributed by atoms with E-state index < -0.39 is 0 Å². The molecule has 0 saturated heterocycles. The van der Waals surface area contributed by atoms with Gasteiger partial charge in [-0.2, -0.15) is 0 Å². The van der Waals surface area contributed by atoms with Gasteiger partial charge in [-0.05, 0) is 187 Å². The van der Waals surface area contributed by atoms with Crippen molar-refractivity contribution in [2.75, 3.05) is 0 Å². The van der Waals surface area contributed by atoms with E-state index in [0.717, 1.165) is 55.4 Å². The van der Waals surface area contributed by atoms with Gasteiger partial charge in [-0.3, -0.25) is 4.57 Å². The van der Waals surface area contributed by atoms with Crippen LogP contribution in [0.3, 0.4) is 0 Å². The van der Waals surface area contributed by atoms with Gasteiger partial charge in [0.1, 0.15) is 0 Å². The lowest BCUT2D eigenvalue weighted by molar-refractivity contribution is 0.660. The van der Waals surface area contributed by atoms with Gasteiger partial charge in [-0.1, -0.05) is 257 Å². The van der Waals surface area contributed by atoms with Gasteiger partial charge in [-0.25, -0.2) is 9.97 Å². The Morgan fingerprint density at radius 1 is 0.252 bits per heavy atom. The van der Waals surface area contributed by atoms with Crippen LogP contribution >= 0.6 is 11.3 Å². The number of rotatable bonds is 9. The number of thiophene rings is 1. The van der Waals surface area contributed by atoms with E-state index in [0.29, 0.717) is 5.95 Å². The fraction of sp³-hybridized carbons (Fsp3) is 0.0309. The molecule has 1 aliphatic rings. The summed E-state index contributed by atoms with van der Waals surface area (Å²) in [5.41, 5.74) is 28.9. The van der Waals surface area contributed by atoms with E-state index in [-0.39, 0.29) is 5.41 Å². The number of hydrogen-bond donors (Lipinski definition) is 0. The summed E-state index contributed by atoms with van der Waals surface area (Å²) < 4.78 is 9.65. The topological polar surface area (TPSA) is 40.6 Å². The van der Waals surface area contributed by atoms with Crippen LogP contribution < -0.4 is 0 Å². The van der Waals surface area contributed by atoms with Crippen molar-refractivity contribution in [3.63, 3.8) is 0 Å². The summed E-state index contributed by atoms with van der Waals surface area (Å²) >= 11 is 1.88. The normalized spacial score (nSPS) is 12.4. The van der Waals surface area contributed by atoms with Crippen LogP contribution in [0.1, 0.15) is 25.0 Å². The summed E-state index contributed by atoms with van der Waals surface area (Å²) in [6.07, 6.45) is 1.87. The number of nitrogens with zero attached hydrogens (tertiary/aromatic N) is 5. The molecule has 1 aliphatic carbocycles. The van der Waals surface area contributed by atoms with Gasteiger partial charge in [-0.15, -0.1) is 11.3 Å². The second-order valence-electron chi connectivity index (χ2n) is 27.6. The quantitative estimate of drug-likeness (QED) is 0.144. The molecule has 21 rings (SSSR count). The average molecular weight is 1330 g/mol. The summed E-state index contributed by atoms with van der Waals surface area (Å²) in [5.74, 6) is 0.644. The number of aromatic nitrogens is 5. The highest BCUT2D eigenvalue weighted by molar-refractivity contribution is 7.25. The maximum absolute atomic E-state index is 5.21. The lowest BCUT2D eigenvalue weighted by atomic mass is 9.81. The van der Waals surface area contributed by atoms with Crippen molar-refractivity contribution >= 4 is 96.9 Å². The second-order valence-corrected chi connectivity index (χ2v) is 28.7. The molecule has 0 N–H and O–H groups in total. The third kappa shape index (κ3) is 10.0.